The van der Waals surface area contributed by atoms with Crippen LogP contribution in [0.1, 0.15) is 56.5 Å². The van der Waals surface area contributed by atoms with Gasteiger partial charge in [-0.3, -0.25) is 4.79 Å². The van der Waals surface area contributed by atoms with E-state index in [9.17, 15) is 4.79 Å². The molecule has 0 N–H and O–H groups in total. The number of rotatable bonds is 7. The molecule has 2 nitrogen and oxygen atoms in total. The van der Waals surface area contributed by atoms with E-state index in [0.29, 0.717) is 17.4 Å². The SMILES string of the molecule is CCSCC(=O)c1cc(C(C)C)ccc1OC(C)C. The van der Waals surface area contributed by atoms with E-state index in [-0.39, 0.29) is 11.9 Å². The molecule has 0 aromatic heterocycles. The molecule has 0 heterocycles. The molecule has 0 saturated carbocycles. The van der Waals surface area contributed by atoms with Gasteiger partial charge in [0.15, 0.2) is 5.78 Å². The quantitative estimate of drug-likeness (QED) is 0.686. The Kier molecular flexibility index (Phi) is 6.43. The zero-order valence-corrected chi connectivity index (χ0v) is 13.3. The zero-order valence-electron chi connectivity index (χ0n) is 12.5. The first-order valence-corrected chi connectivity index (χ1v) is 8.02. The Bertz CT molecular complexity index is 425. The summed E-state index contributed by atoms with van der Waals surface area (Å²) in [6.45, 7) is 10.3. The third-order valence-electron chi connectivity index (χ3n) is 2.77. The van der Waals surface area contributed by atoms with E-state index >= 15 is 0 Å². The minimum atomic E-state index is 0.0790. The summed E-state index contributed by atoms with van der Waals surface area (Å²) in [6.07, 6.45) is 0.0790. The van der Waals surface area contributed by atoms with Crippen molar-refractivity contribution in [3.63, 3.8) is 0 Å². The van der Waals surface area contributed by atoms with Gasteiger partial charge < -0.3 is 4.74 Å². The number of Topliss-reactive ketones (excluding diaryl/α,β-unsaturated/α-hetero) is 1. The molecule has 0 radical (unpaired) electrons. The van der Waals surface area contributed by atoms with Gasteiger partial charge in [-0.1, -0.05) is 26.8 Å². The Balaban J connectivity index is 3.06. The van der Waals surface area contributed by atoms with Gasteiger partial charge in [0.2, 0.25) is 0 Å². The second kappa shape index (κ2) is 7.59. The molecule has 0 aliphatic heterocycles. The molecule has 0 aliphatic carbocycles. The Hall–Kier alpha value is -0.960. The zero-order chi connectivity index (χ0) is 14.4. The molecule has 0 aliphatic rings. The molecule has 3 heteroatoms. The van der Waals surface area contributed by atoms with E-state index in [1.807, 2.05) is 32.0 Å². The monoisotopic (exact) mass is 280 g/mol. The van der Waals surface area contributed by atoms with Gasteiger partial charge in [-0.2, -0.15) is 11.8 Å². The lowest BCUT2D eigenvalue weighted by Crippen LogP contribution is -2.12. The fraction of sp³-hybridized carbons (Fsp3) is 0.562. The van der Waals surface area contributed by atoms with Crippen LogP contribution < -0.4 is 4.74 Å². The minimum absolute atomic E-state index is 0.0790. The van der Waals surface area contributed by atoms with E-state index in [1.165, 1.54) is 5.56 Å². The topological polar surface area (TPSA) is 26.3 Å². The lowest BCUT2D eigenvalue weighted by molar-refractivity contribution is 0.101. The van der Waals surface area contributed by atoms with Crippen molar-refractivity contribution in [1.29, 1.82) is 0 Å². The maximum absolute atomic E-state index is 12.3. The van der Waals surface area contributed by atoms with Gasteiger partial charge in [0, 0.05) is 0 Å². The van der Waals surface area contributed by atoms with Crippen LogP contribution in [-0.4, -0.2) is 23.4 Å². The molecule has 0 fully saturated rings. The Morgan fingerprint density at radius 1 is 1.26 bits per heavy atom. The van der Waals surface area contributed by atoms with Gasteiger partial charge in [-0.05, 0) is 43.2 Å². The number of carbonyl (C=O) groups is 1. The summed E-state index contributed by atoms with van der Waals surface area (Å²) >= 11 is 1.65. The molecule has 0 unspecified atom stereocenters. The van der Waals surface area contributed by atoms with E-state index in [0.717, 1.165) is 11.3 Å². The van der Waals surface area contributed by atoms with Crippen LogP contribution in [-0.2, 0) is 0 Å². The number of carbonyl (C=O) groups excluding carboxylic acids is 1. The molecule has 1 aromatic rings. The third kappa shape index (κ3) is 4.90. The van der Waals surface area contributed by atoms with Crippen molar-refractivity contribution in [3.8, 4) is 5.75 Å². The minimum Gasteiger partial charge on any atom is -0.490 e. The lowest BCUT2D eigenvalue weighted by atomic mass is 9.99. The molecule has 1 rings (SSSR count). The molecule has 19 heavy (non-hydrogen) atoms. The molecule has 106 valence electrons. The van der Waals surface area contributed by atoms with Crippen molar-refractivity contribution in [2.24, 2.45) is 0 Å². The van der Waals surface area contributed by atoms with Gasteiger partial charge in [-0.15, -0.1) is 0 Å². The van der Waals surface area contributed by atoms with Crippen LogP contribution in [0.25, 0.3) is 0 Å². The van der Waals surface area contributed by atoms with E-state index in [2.05, 4.69) is 20.8 Å². The molecular weight excluding hydrogens is 256 g/mol. The van der Waals surface area contributed by atoms with Crippen LogP contribution in [0, 0.1) is 0 Å². The number of thioether (sulfide) groups is 1. The summed E-state index contributed by atoms with van der Waals surface area (Å²) in [5.74, 6) is 2.76. The van der Waals surface area contributed by atoms with E-state index in [1.54, 1.807) is 11.8 Å². The van der Waals surface area contributed by atoms with Crippen LogP contribution in [0.15, 0.2) is 18.2 Å². The largest absolute Gasteiger partial charge is 0.490 e. The first kappa shape index (κ1) is 16.1. The molecule has 0 spiro atoms. The highest BCUT2D eigenvalue weighted by Crippen LogP contribution is 2.26. The average Bonchev–Trinajstić information content (AvgIpc) is 2.35. The Labute approximate surface area is 120 Å². The molecule has 0 saturated heterocycles. The van der Waals surface area contributed by atoms with Crippen molar-refractivity contribution in [3.05, 3.63) is 29.3 Å². The highest BCUT2D eigenvalue weighted by molar-refractivity contribution is 7.99. The average molecular weight is 280 g/mol. The summed E-state index contributed by atoms with van der Waals surface area (Å²) in [4.78, 5) is 12.3. The highest BCUT2D eigenvalue weighted by Gasteiger charge is 2.15. The van der Waals surface area contributed by atoms with Crippen LogP contribution in [0.5, 0.6) is 5.75 Å². The molecular formula is C16H24O2S. The molecule has 0 atom stereocenters. The number of hydrogen-bond donors (Lipinski definition) is 0. The van der Waals surface area contributed by atoms with Crippen molar-refractivity contribution < 1.29 is 9.53 Å². The second-order valence-corrected chi connectivity index (χ2v) is 6.41. The van der Waals surface area contributed by atoms with Gasteiger partial charge in [-0.25, -0.2) is 0 Å². The normalized spacial score (nSPS) is 11.1. The van der Waals surface area contributed by atoms with E-state index in [4.69, 9.17) is 4.74 Å². The number of ether oxygens (including phenoxy) is 1. The predicted octanol–water partition coefficient (Wildman–Crippen LogP) is 4.53. The second-order valence-electron chi connectivity index (χ2n) is 5.14. The number of ketones is 1. The summed E-state index contributed by atoms with van der Waals surface area (Å²) in [6, 6.07) is 5.96. The van der Waals surface area contributed by atoms with Crippen molar-refractivity contribution in [1.82, 2.24) is 0 Å². The third-order valence-corrected chi connectivity index (χ3v) is 3.65. The van der Waals surface area contributed by atoms with Crippen molar-refractivity contribution >= 4 is 17.5 Å². The van der Waals surface area contributed by atoms with Crippen LogP contribution in [0.3, 0.4) is 0 Å². The fourth-order valence-corrected chi connectivity index (χ4v) is 2.30. The summed E-state index contributed by atoms with van der Waals surface area (Å²) in [7, 11) is 0. The fourth-order valence-electron chi connectivity index (χ4n) is 1.75. The lowest BCUT2D eigenvalue weighted by Gasteiger charge is -2.16. The van der Waals surface area contributed by atoms with Gasteiger partial charge >= 0.3 is 0 Å². The van der Waals surface area contributed by atoms with Crippen molar-refractivity contribution in [2.45, 2.75) is 46.6 Å². The predicted molar refractivity (Wildman–Crippen MR) is 83.6 cm³/mol. The molecule has 0 bridgehead atoms. The Morgan fingerprint density at radius 2 is 1.95 bits per heavy atom. The van der Waals surface area contributed by atoms with E-state index < -0.39 is 0 Å². The van der Waals surface area contributed by atoms with Gasteiger partial charge in [0.05, 0.1) is 17.4 Å². The number of hydrogen-bond acceptors (Lipinski definition) is 3. The van der Waals surface area contributed by atoms with Gasteiger partial charge in [0.25, 0.3) is 0 Å². The van der Waals surface area contributed by atoms with Crippen LogP contribution in [0.2, 0.25) is 0 Å². The maximum atomic E-state index is 12.3. The highest BCUT2D eigenvalue weighted by atomic mass is 32.2. The smallest absolute Gasteiger partial charge is 0.176 e. The first-order valence-electron chi connectivity index (χ1n) is 6.87. The van der Waals surface area contributed by atoms with Crippen molar-refractivity contribution in [2.75, 3.05) is 11.5 Å². The standard InChI is InChI=1S/C16H24O2S/c1-6-19-10-15(17)14-9-13(11(2)3)7-8-16(14)18-12(4)5/h7-9,11-12H,6,10H2,1-5H3. The summed E-state index contributed by atoms with van der Waals surface area (Å²) < 4.78 is 5.75. The van der Waals surface area contributed by atoms with Crippen LogP contribution in [0.4, 0.5) is 0 Å². The maximum Gasteiger partial charge on any atom is 0.176 e. The molecule has 0 amide bonds. The van der Waals surface area contributed by atoms with Gasteiger partial charge in [0.1, 0.15) is 5.75 Å². The summed E-state index contributed by atoms with van der Waals surface area (Å²) in [5.41, 5.74) is 1.90. The summed E-state index contributed by atoms with van der Waals surface area (Å²) in [5, 5.41) is 0. The first-order chi connectivity index (χ1) is 8.95. The molecule has 1 aromatic carbocycles. The Morgan fingerprint density at radius 3 is 2.47 bits per heavy atom. The van der Waals surface area contributed by atoms with Crippen LogP contribution >= 0.6 is 11.8 Å². The number of benzene rings is 1.